The molecule has 0 spiro atoms. The Bertz CT molecular complexity index is 3700. The number of phenolic OH excluding ortho intramolecular Hbond substituents is 1. The lowest BCUT2D eigenvalue weighted by atomic mass is 9.79. The minimum atomic E-state index is -2.33. The van der Waals surface area contributed by atoms with Crippen molar-refractivity contribution in [2.24, 2.45) is 0 Å². The molecule has 0 aliphatic carbocycles. The second-order valence-electron chi connectivity index (χ2n) is 21.9. The van der Waals surface area contributed by atoms with Gasteiger partial charge in [0.25, 0.3) is 0 Å². The summed E-state index contributed by atoms with van der Waals surface area (Å²) in [6.07, 6.45) is 1.80. The molecule has 0 atom stereocenters. The summed E-state index contributed by atoms with van der Waals surface area (Å²) < 4.78 is 27.9. The zero-order valence-electron chi connectivity index (χ0n) is 45.3. The van der Waals surface area contributed by atoms with Gasteiger partial charge in [-0.2, -0.15) is 0 Å². The number of aromatic nitrogens is 3. The number of rotatable bonds is 8. The van der Waals surface area contributed by atoms with Crippen LogP contribution < -0.4 is 0 Å². The molecule has 2 aromatic heterocycles. The summed E-state index contributed by atoms with van der Waals surface area (Å²) in [4.78, 5) is 10.7. The second-order valence-corrected chi connectivity index (χ2v) is 21.9. The normalized spacial score (nSPS) is 12.9. The summed E-state index contributed by atoms with van der Waals surface area (Å²) in [5, 5.41) is 12.7. The molecule has 0 amide bonds. The molecule has 8 aromatic carbocycles. The van der Waals surface area contributed by atoms with Gasteiger partial charge in [0.2, 0.25) is 0 Å². The number of fused-ring (bicyclic) bond motifs is 1. The van der Waals surface area contributed by atoms with Gasteiger partial charge in [0.1, 0.15) is 11.6 Å². The number of para-hydroxylation sites is 1. The van der Waals surface area contributed by atoms with Crippen LogP contribution in [0.2, 0.25) is 0 Å². The Balaban J connectivity index is 1.23. The minimum Gasteiger partial charge on any atom is -0.507 e. The van der Waals surface area contributed by atoms with Crippen LogP contribution in [0.15, 0.2) is 194 Å². The van der Waals surface area contributed by atoms with Crippen molar-refractivity contribution in [3.05, 3.63) is 217 Å². The van der Waals surface area contributed by atoms with Crippen LogP contribution in [-0.4, -0.2) is 19.6 Å². The van der Waals surface area contributed by atoms with Crippen LogP contribution in [0.4, 0.5) is 0 Å². The summed E-state index contributed by atoms with van der Waals surface area (Å²) in [6, 6.07) is 64.3. The molecule has 1 N–H and O–H groups in total. The van der Waals surface area contributed by atoms with Crippen molar-refractivity contribution in [1.29, 1.82) is 0 Å². The summed E-state index contributed by atoms with van der Waals surface area (Å²) in [5.41, 5.74) is 17.0. The van der Waals surface area contributed by atoms with E-state index in [1.165, 1.54) is 5.56 Å². The number of hydrogen-bond donors (Lipinski definition) is 1. The van der Waals surface area contributed by atoms with Crippen molar-refractivity contribution in [2.45, 2.75) is 85.4 Å². The molecule has 0 unspecified atom stereocenters. The van der Waals surface area contributed by atoms with Crippen molar-refractivity contribution >= 4 is 11.0 Å². The molecular formula is C67H63N3O. The molecule has 352 valence electrons. The smallest absolute Gasteiger partial charge is 0.149 e. The molecule has 0 saturated heterocycles. The van der Waals surface area contributed by atoms with E-state index >= 15 is 0 Å². The van der Waals surface area contributed by atoms with E-state index in [9.17, 15) is 5.11 Å². The van der Waals surface area contributed by atoms with Crippen LogP contribution >= 0.6 is 0 Å². The number of pyridine rings is 1. The first-order valence-corrected chi connectivity index (χ1v) is 24.6. The number of aryl methyl sites for hydroxylation is 1. The van der Waals surface area contributed by atoms with Gasteiger partial charge in [0.05, 0.1) is 28.0 Å². The zero-order valence-corrected chi connectivity index (χ0v) is 42.3. The van der Waals surface area contributed by atoms with E-state index in [0.29, 0.717) is 22.5 Å². The fourth-order valence-electron chi connectivity index (χ4n) is 9.70. The predicted octanol–water partition coefficient (Wildman–Crippen LogP) is 18.0. The Morgan fingerprint density at radius 3 is 1.69 bits per heavy atom. The lowest BCUT2D eigenvalue weighted by Crippen LogP contribution is -2.17. The first-order chi connectivity index (χ1) is 35.1. The van der Waals surface area contributed by atoms with Gasteiger partial charge in [-0.15, -0.1) is 0 Å². The Morgan fingerprint density at radius 1 is 0.437 bits per heavy atom. The van der Waals surface area contributed by atoms with Crippen molar-refractivity contribution in [1.82, 2.24) is 14.5 Å². The number of nitrogens with zero attached hydrogens (tertiary/aromatic N) is 3. The van der Waals surface area contributed by atoms with Gasteiger partial charge in [-0.05, 0) is 139 Å². The molecule has 4 nitrogen and oxygen atoms in total. The van der Waals surface area contributed by atoms with Crippen LogP contribution in [-0.2, 0) is 16.2 Å². The highest BCUT2D eigenvalue weighted by atomic mass is 16.3. The molecule has 0 saturated carbocycles. The Kier molecular flexibility index (Phi) is 11.1. The van der Waals surface area contributed by atoms with Gasteiger partial charge in [0, 0.05) is 32.6 Å². The SMILES string of the molecule is [2H]C([2H])([2H])c1cc(-c2ccnc(-c3cc(-c4ccccc4)cc(-c4cccc5c4nc(-c4cc(C(C)(C)C)cc(C(C)(C)C)c4O)n5-c4ccc(C(C)(C)C)cc4-c4ccccc4)c3)c2)ccc1-c1ccccc1. The van der Waals surface area contributed by atoms with Crippen LogP contribution in [0, 0.1) is 6.85 Å². The average molecular weight is 929 g/mol. The number of hydrogen-bond acceptors (Lipinski definition) is 3. The fraction of sp³-hybridized carbons (Fsp3) is 0.194. The molecule has 0 bridgehead atoms. The molecule has 71 heavy (non-hydrogen) atoms. The molecule has 0 fully saturated rings. The van der Waals surface area contributed by atoms with Crippen molar-refractivity contribution in [3.63, 3.8) is 0 Å². The monoisotopic (exact) mass is 929 g/mol. The third kappa shape index (κ3) is 9.23. The van der Waals surface area contributed by atoms with Gasteiger partial charge in [-0.25, -0.2) is 4.98 Å². The molecule has 10 aromatic rings. The second kappa shape index (κ2) is 18.2. The summed E-state index contributed by atoms with van der Waals surface area (Å²) in [7, 11) is 0. The van der Waals surface area contributed by atoms with Gasteiger partial charge >= 0.3 is 0 Å². The van der Waals surface area contributed by atoms with Gasteiger partial charge in [-0.3, -0.25) is 9.55 Å². The van der Waals surface area contributed by atoms with E-state index < -0.39 is 6.85 Å². The van der Waals surface area contributed by atoms with E-state index in [1.54, 1.807) is 12.3 Å². The molecule has 10 rings (SSSR count). The van der Waals surface area contributed by atoms with Crippen LogP contribution in [0.25, 0.3) is 95.0 Å². The zero-order chi connectivity index (χ0) is 52.3. The van der Waals surface area contributed by atoms with Crippen molar-refractivity contribution < 1.29 is 9.22 Å². The van der Waals surface area contributed by atoms with E-state index in [-0.39, 0.29) is 22.0 Å². The Labute approximate surface area is 424 Å². The van der Waals surface area contributed by atoms with Crippen LogP contribution in [0.5, 0.6) is 5.75 Å². The van der Waals surface area contributed by atoms with Crippen LogP contribution in [0.1, 0.15) is 88.7 Å². The molecule has 0 radical (unpaired) electrons. The van der Waals surface area contributed by atoms with Crippen LogP contribution in [0.3, 0.4) is 0 Å². The average Bonchev–Trinajstić information content (AvgIpc) is 3.77. The maximum atomic E-state index is 12.7. The Hall–Kier alpha value is -7.82. The van der Waals surface area contributed by atoms with Gasteiger partial charge in [0.15, 0.2) is 0 Å². The highest BCUT2D eigenvalue weighted by Crippen LogP contribution is 2.46. The van der Waals surface area contributed by atoms with E-state index in [2.05, 4.69) is 182 Å². The number of phenols is 1. The van der Waals surface area contributed by atoms with E-state index in [4.69, 9.17) is 14.1 Å². The molecule has 0 aliphatic heterocycles. The van der Waals surface area contributed by atoms with Gasteiger partial charge < -0.3 is 5.11 Å². The maximum absolute atomic E-state index is 12.7. The Morgan fingerprint density at radius 2 is 1.04 bits per heavy atom. The first-order valence-electron chi connectivity index (χ1n) is 26.1. The predicted molar refractivity (Wildman–Crippen MR) is 299 cm³/mol. The summed E-state index contributed by atoms with van der Waals surface area (Å²) >= 11 is 0. The number of aromatic hydroxyl groups is 1. The first kappa shape index (κ1) is 43.2. The van der Waals surface area contributed by atoms with E-state index in [1.807, 2.05) is 66.7 Å². The highest BCUT2D eigenvalue weighted by Gasteiger charge is 2.30. The van der Waals surface area contributed by atoms with Crippen molar-refractivity contribution in [3.8, 4) is 89.7 Å². The van der Waals surface area contributed by atoms with Gasteiger partial charge in [-0.1, -0.05) is 196 Å². The molecular weight excluding hydrogens is 863 g/mol. The standard InChI is InChI=1S/C67H63N3O/c1-43-35-47(29-31-54(43)45-23-16-12-17-24-45)48-33-34-68-59(39-48)51-37-49(44-21-14-11-15-22-44)36-50(38-51)55-27-20-28-61-62(55)69-64(57-41-53(66(5,6)7)42-58(63(57)71)67(8,9)10)70(61)60-32-30-52(65(2,3)4)40-56(60)46-25-18-13-19-26-46/h11-42,71H,1-10H3/i1D3. The summed E-state index contributed by atoms with van der Waals surface area (Å²) in [6.45, 7) is 17.5. The lowest BCUT2D eigenvalue weighted by Gasteiger charge is -2.28. The van der Waals surface area contributed by atoms with Crippen molar-refractivity contribution in [2.75, 3.05) is 0 Å². The topological polar surface area (TPSA) is 50.9 Å². The third-order valence-corrected chi connectivity index (χ3v) is 13.7. The van der Waals surface area contributed by atoms with E-state index in [0.717, 1.165) is 89.2 Å². The fourth-order valence-corrected chi connectivity index (χ4v) is 9.70. The number of benzene rings is 8. The largest absolute Gasteiger partial charge is 0.507 e. The minimum absolute atomic E-state index is 0.112. The number of imidazole rings is 1. The molecule has 2 heterocycles. The summed E-state index contributed by atoms with van der Waals surface area (Å²) in [5.74, 6) is 0.863. The molecule has 4 heteroatoms. The quantitative estimate of drug-likeness (QED) is 0.165. The maximum Gasteiger partial charge on any atom is 0.149 e. The highest BCUT2D eigenvalue weighted by molar-refractivity contribution is 5.98. The lowest BCUT2D eigenvalue weighted by molar-refractivity contribution is 0.446. The molecule has 0 aliphatic rings. The third-order valence-electron chi connectivity index (χ3n) is 13.7.